The lowest BCUT2D eigenvalue weighted by Gasteiger charge is -2.15. The first-order chi connectivity index (χ1) is 13.5. The molecule has 0 radical (unpaired) electrons. The van der Waals surface area contributed by atoms with Crippen LogP contribution in [0.3, 0.4) is 0 Å². The van der Waals surface area contributed by atoms with E-state index in [1.165, 1.54) is 29.3 Å². The van der Waals surface area contributed by atoms with Gasteiger partial charge in [-0.3, -0.25) is 4.79 Å². The Kier molecular flexibility index (Phi) is 4.57. The van der Waals surface area contributed by atoms with Crippen molar-refractivity contribution in [1.82, 2.24) is 25.1 Å². The summed E-state index contributed by atoms with van der Waals surface area (Å²) >= 11 is 0. The number of aromatic nitrogens is 4. The molecular formula is C20H17FN6O. The number of rotatable bonds is 5. The topological polar surface area (TPSA) is 96.5 Å². The molecule has 1 aliphatic carbocycles. The average molecular weight is 376 g/mol. The van der Waals surface area contributed by atoms with E-state index in [1.807, 2.05) is 6.07 Å². The first-order valence-electron chi connectivity index (χ1n) is 8.93. The minimum Gasteiger partial charge on any atom is -0.342 e. The fourth-order valence-electron chi connectivity index (χ4n) is 3.04. The van der Waals surface area contributed by atoms with Gasteiger partial charge in [0.2, 0.25) is 0 Å². The van der Waals surface area contributed by atoms with Gasteiger partial charge in [-0.1, -0.05) is 0 Å². The Hall–Kier alpha value is -3.60. The van der Waals surface area contributed by atoms with E-state index in [0.29, 0.717) is 23.1 Å². The molecule has 0 unspecified atom stereocenters. The van der Waals surface area contributed by atoms with Crippen molar-refractivity contribution >= 4 is 5.91 Å². The van der Waals surface area contributed by atoms with Gasteiger partial charge >= 0.3 is 0 Å². The second-order valence-corrected chi connectivity index (χ2v) is 6.79. The van der Waals surface area contributed by atoms with E-state index >= 15 is 0 Å². The maximum absolute atomic E-state index is 13.9. The summed E-state index contributed by atoms with van der Waals surface area (Å²) < 4.78 is 15.4. The van der Waals surface area contributed by atoms with Crippen molar-refractivity contribution in [3.63, 3.8) is 0 Å². The SMILES string of the molecule is C[C@@H](NC(=O)c1cc(F)cc(C2CC2)c1)c1ncnn1-c1ccc(C#N)cn1. The van der Waals surface area contributed by atoms with E-state index < -0.39 is 11.9 Å². The van der Waals surface area contributed by atoms with E-state index in [9.17, 15) is 9.18 Å². The number of hydrogen-bond acceptors (Lipinski definition) is 5. The molecule has 8 heteroatoms. The van der Waals surface area contributed by atoms with Gasteiger partial charge in [-0.2, -0.15) is 15.0 Å². The zero-order valence-electron chi connectivity index (χ0n) is 15.1. The smallest absolute Gasteiger partial charge is 0.251 e. The van der Waals surface area contributed by atoms with Crippen LogP contribution in [-0.2, 0) is 0 Å². The number of nitriles is 1. The molecule has 0 saturated heterocycles. The quantitative estimate of drug-likeness (QED) is 0.738. The molecule has 0 aliphatic heterocycles. The Bertz CT molecular complexity index is 1070. The Morgan fingerprint density at radius 2 is 2.14 bits per heavy atom. The summed E-state index contributed by atoms with van der Waals surface area (Å²) in [4.78, 5) is 21.1. The van der Waals surface area contributed by atoms with Gasteiger partial charge in [-0.15, -0.1) is 0 Å². The van der Waals surface area contributed by atoms with Crippen LogP contribution in [0.1, 0.15) is 59.0 Å². The number of halogens is 1. The lowest BCUT2D eigenvalue weighted by molar-refractivity contribution is 0.0937. The molecule has 7 nitrogen and oxygen atoms in total. The number of amides is 1. The van der Waals surface area contributed by atoms with Crippen LogP contribution in [0.5, 0.6) is 0 Å². The van der Waals surface area contributed by atoms with Crippen LogP contribution >= 0.6 is 0 Å². The molecule has 2 heterocycles. The largest absolute Gasteiger partial charge is 0.342 e. The number of nitrogens with one attached hydrogen (secondary N) is 1. The first-order valence-corrected chi connectivity index (χ1v) is 8.93. The molecule has 0 bridgehead atoms. The molecule has 140 valence electrons. The summed E-state index contributed by atoms with van der Waals surface area (Å²) in [5, 5.41) is 15.9. The highest BCUT2D eigenvalue weighted by Crippen LogP contribution is 2.40. The van der Waals surface area contributed by atoms with Crippen LogP contribution in [0.4, 0.5) is 4.39 Å². The van der Waals surface area contributed by atoms with Crippen molar-refractivity contribution in [2.75, 3.05) is 0 Å². The Morgan fingerprint density at radius 1 is 1.32 bits per heavy atom. The van der Waals surface area contributed by atoms with Gasteiger partial charge < -0.3 is 5.32 Å². The maximum Gasteiger partial charge on any atom is 0.251 e. The van der Waals surface area contributed by atoms with Gasteiger partial charge in [0.05, 0.1) is 11.6 Å². The van der Waals surface area contributed by atoms with Crippen LogP contribution < -0.4 is 5.32 Å². The Labute approximate surface area is 160 Å². The highest BCUT2D eigenvalue weighted by Gasteiger charge is 2.25. The third-order valence-electron chi connectivity index (χ3n) is 4.63. The third kappa shape index (κ3) is 3.60. The van der Waals surface area contributed by atoms with Gasteiger partial charge in [0.1, 0.15) is 18.2 Å². The number of carbonyl (C=O) groups excluding carboxylic acids is 1. The van der Waals surface area contributed by atoms with Crippen molar-refractivity contribution in [3.05, 3.63) is 71.2 Å². The standard InChI is InChI=1S/C20H17FN6O/c1-12(19-24-11-25-27(19)18-5-2-13(9-22)10-23-18)26-20(28)16-6-15(14-3-4-14)7-17(21)8-16/h2,5-8,10-12,14H,3-4H2,1H3,(H,26,28)/t12-/m1/s1. The molecule has 0 spiro atoms. The predicted molar refractivity (Wildman–Crippen MR) is 98.1 cm³/mol. The molecule has 1 aliphatic rings. The average Bonchev–Trinajstić information content (AvgIpc) is 3.44. The molecule has 1 aromatic carbocycles. The van der Waals surface area contributed by atoms with Crippen LogP contribution in [0.2, 0.25) is 0 Å². The Morgan fingerprint density at radius 3 is 2.82 bits per heavy atom. The zero-order chi connectivity index (χ0) is 19.7. The van der Waals surface area contributed by atoms with Crippen molar-refractivity contribution in [1.29, 1.82) is 5.26 Å². The third-order valence-corrected chi connectivity index (χ3v) is 4.63. The van der Waals surface area contributed by atoms with Crippen LogP contribution in [0, 0.1) is 17.1 Å². The highest BCUT2D eigenvalue weighted by atomic mass is 19.1. The maximum atomic E-state index is 13.9. The molecule has 1 atom stereocenters. The van der Waals surface area contributed by atoms with E-state index in [-0.39, 0.29) is 11.5 Å². The van der Waals surface area contributed by atoms with Crippen LogP contribution in [-0.4, -0.2) is 25.7 Å². The highest BCUT2D eigenvalue weighted by molar-refractivity contribution is 5.94. The minimum atomic E-state index is -0.486. The van der Waals surface area contributed by atoms with Gasteiger partial charge in [0.25, 0.3) is 5.91 Å². The van der Waals surface area contributed by atoms with Crippen molar-refractivity contribution in [3.8, 4) is 11.9 Å². The fraction of sp³-hybridized carbons (Fsp3) is 0.250. The second kappa shape index (κ2) is 7.19. The monoisotopic (exact) mass is 376 g/mol. The molecule has 3 aromatic rings. The molecule has 28 heavy (non-hydrogen) atoms. The normalized spacial score (nSPS) is 14.3. The lowest BCUT2D eigenvalue weighted by Crippen LogP contribution is -2.29. The van der Waals surface area contributed by atoms with Gasteiger partial charge in [0.15, 0.2) is 11.6 Å². The van der Waals surface area contributed by atoms with Gasteiger partial charge in [-0.25, -0.2) is 14.4 Å². The van der Waals surface area contributed by atoms with E-state index in [2.05, 4.69) is 20.4 Å². The summed E-state index contributed by atoms with van der Waals surface area (Å²) in [5.74, 6) is 0.521. The van der Waals surface area contributed by atoms with Crippen molar-refractivity contribution < 1.29 is 9.18 Å². The Balaban J connectivity index is 1.54. The number of hydrogen-bond donors (Lipinski definition) is 1. The van der Waals surface area contributed by atoms with Crippen LogP contribution in [0.15, 0.2) is 42.9 Å². The number of pyridine rings is 1. The van der Waals surface area contributed by atoms with E-state index in [4.69, 9.17) is 5.26 Å². The number of carbonyl (C=O) groups is 1. The number of benzene rings is 1. The van der Waals surface area contributed by atoms with Gasteiger partial charge in [0, 0.05) is 11.8 Å². The summed E-state index contributed by atoms with van der Waals surface area (Å²) in [6.45, 7) is 1.77. The van der Waals surface area contributed by atoms with Crippen molar-refractivity contribution in [2.45, 2.75) is 31.7 Å². The van der Waals surface area contributed by atoms with Crippen molar-refractivity contribution in [2.24, 2.45) is 0 Å². The molecule has 1 amide bonds. The summed E-state index contributed by atoms with van der Waals surface area (Å²) in [5.41, 5.74) is 1.59. The molecule has 1 fully saturated rings. The zero-order valence-corrected chi connectivity index (χ0v) is 15.1. The molecule has 4 rings (SSSR count). The molecule has 2 aromatic heterocycles. The first kappa shape index (κ1) is 17.8. The van der Waals surface area contributed by atoms with E-state index in [1.54, 1.807) is 25.1 Å². The molecular weight excluding hydrogens is 359 g/mol. The second-order valence-electron chi connectivity index (χ2n) is 6.79. The molecule has 1 saturated carbocycles. The number of nitrogens with zero attached hydrogens (tertiary/aromatic N) is 5. The summed E-state index contributed by atoms with van der Waals surface area (Å²) in [6, 6.07) is 9.28. The van der Waals surface area contributed by atoms with E-state index in [0.717, 1.165) is 18.4 Å². The lowest BCUT2D eigenvalue weighted by atomic mass is 10.1. The molecule has 1 N–H and O–H groups in total. The predicted octanol–water partition coefficient (Wildman–Crippen LogP) is 3.04. The summed E-state index contributed by atoms with van der Waals surface area (Å²) in [6.07, 6.45) is 4.87. The fourth-order valence-corrected chi connectivity index (χ4v) is 3.04. The summed E-state index contributed by atoms with van der Waals surface area (Å²) in [7, 11) is 0. The minimum absolute atomic E-state index is 0.288. The van der Waals surface area contributed by atoms with Crippen LogP contribution in [0.25, 0.3) is 5.82 Å². The van der Waals surface area contributed by atoms with Gasteiger partial charge in [-0.05, 0) is 61.6 Å².